The molecule has 0 fully saturated rings. The highest BCUT2D eigenvalue weighted by molar-refractivity contribution is 6.04. The molecule has 0 bridgehead atoms. The maximum absolute atomic E-state index is 12.3. The summed E-state index contributed by atoms with van der Waals surface area (Å²) < 4.78 is 5.07. The molecule has 0 aliphatic rings. The molecule has 2 N–H and O–H groups in total. The van der Waals surface area contributed by atoms with E-state index in [-0.39, 0.29) is 5.91 Å². The number of nitrogens with zero attached hydrogens (tertiary/aromatic N) is 1. The minimum absolute atomic E-state index is 0.199. The van der Waals surface area contributed by atoms with E-state index in [2.05, 4.69) is 15.6 Å². The summed E-state index contributed by atoms with van der Waals surface area (Å²) in [6, 6.07) is 17.9. The molecule has 6 nitrogen and oxygen atoms in total. The fourth-order valence-electron chi connectivity index (χ4n) is 2.57. The largest absolute Gasteiger partial charge is 0.462 e. The number of pyridine rings is 1. The number of rotatable bonds is 6. The molecule has 1 aromatic heterocycles. The number of benzene rings is 2. The van der Waals surface area contributed by atoms with Crippen molar-refractivity contribution >= 4 is 29.1 Å². The summed E-state index contributed by atoms with van der Waals surface area (Å²) in [5.74, 6) is -0.0483. The smallest absolute Gasteiger partial charge is 0.340 e. The molecule has 142 valence electrons. The van der Waals surface area contributed by atoms with Gasteiger partial charge >= 0.3 is 5.97 Å². The average Bonchev–Trinajstić information content (AvgIpc) is 2.70. The second-order valence-corrected chi connectivity index (χ2v) is 6.14. The Balaban J connectivity index is 1.69. The van der Waals surface area contributed by atoms with Gasteiger partial charge in [0.15, 0.2) is 0 Å². The maximum atomic E-state index is 12.3. The molecule has 0 saturated heterocycles. The van der Waals surface area contributed by atoms with Gasteiger partial charge in [0.05, 0.1) is 29.7 Å². The van der Waals surface area contributed by atoms with Crippen molar-refractivity contribution in [1.29, 1.82) is 0 Å². The number of nitrogens with one attached hydrogen (secondary N) is 2. The first kappa shape index (κ1) is 19.1. The highest BCUT2D eigenvalue weighted by Gasteiger charge is 2.12. The zero-order chi connectivity index (χ0) is 19.9. The predicted molar refractivity (Wildman–Crippen MR) is 109 cm³/mol. The van der Waals surface area contributed by atoms with Crippen LogP contribution in [0.1, 0.15) is 33.2 Å². The van der Waals surface area contributed by atoms with Gasteiger partial charge in [-0.1, -0.05) is 29.8 Å². The van der Waals surface area contributed by atoms with Crippen LogP contribution in [0.4, 0.5) is 17.2 Å². The summed E-state index contributed by atoms with van der Waals surface area (Å²) in [5, 5.41) is 5.92. The van der Waals surface area contributed by atoms with Crippen LogP contribution in [-0.4, -0.2) is 23.5 Å². The molecule has 1 heterocycles. The number of hydrogen-bond donors (Lipinski definition) is 2. The first-order valence-corrected chi connectivity index (χ1v) is 8.94. The monoisotopic (exact) mass is 375 g/mol. The molecule has 2 aromatic carbocycles. The molecule has 28 heavy (non-hydrogen) atoms. The van der Waals surface area contributed by atoms with E-state index < -0.39 is 5.97 Å². The molecular weight excluding hydrogens is 354 g/mol. The van der Waals surface area contributed by atoms with Gasteiger partial charge in [0, 0.05) is 5.56 Å². The van der Waals surface area contributed by atoms with E-state index in [9.17, 15) is 9.59 Å². The first-order chi connectivity index (χ1) is 13.6. The van der Waals surface area contributed by atoms with E-state index in [1.165, 1.54) is 0 Å². The van der Waals surface area contributed by atoms with Gasteiger partial charge in [0.1, 0.15) is 5.82 Å². The van der Waals surface area contributed by atoms with Crippen LogP contribution in [0, 0.1) is 6.92 Å². The number of ether oxygens (including phenoxy) is 1. The number of hydrogen-bond acceptors (Lipinski definition) is 5. The van der Waals surface area contributed by atoms with Crippen molar-refractivity contribution in [2.24, 2.45) is 0 Å². The lowest BCUT2D eigenvalue weighted by atomic mass is 10.1. The Hall–Kier alpha value is -3.67. The van der Waals surface area contributed by atoms with Crippen LogP contribution in [0.15, 0.2) is 66.9 Å². The normalized spacial score (nSPS) is 10.2. The van der Waals surface area contributed by atoms with Crippen LogP contribution in [0.2, 0.25) is 0 Å². The Labute approximate surface area is 163 Å². The van der Waals surface area contributed by atoms with Crippen molar-refractivity contribution in [3.63, 3.8) is 0 Å². The van der Waals surface area contributed by atoms with Crippen molar-refractivity contribution in [2.75, 3.05) is 17.2 Å². The van der Waals surface area contributed by atoms with Crippen LogP contribution in [-0.2, 0) is 4.74 Å². The lowest BCUT2D eigenvalue weighted by Crippen LogP contribution is -2.12. The summed E-state index contributed by atoms with van der Waals surface area (Å²) in [6.45, 7) is 4.04. The van der Waals surface area contributed by atoms with Gasteiger partial charge in [-0.05, 0) is 50.2 Å². The third-order valence-electron chi connectivity index (χ3n) is 4.02. The second kappa shape index (κ2) is 8.81. The van der Waals surface area contributed by atoms with E-state index >= 15 is 0 Å². The SMILES string of the molecule is CCOC(=O)c1ccccc1Nc1ccc(NC(=O)c2ccc(C)cc2)cn1. The fourth-order valence-corrected chi connectivity index (χ4v) is 2.57. The molecule has 0 aliphatic carbocycles. The Bertz CT molecular complexity index is 967. The van der Waals surface area contributed by atoms with Crippen LogP contribution in [0.25, 0.3) is 0 Å². The molecule has 3 rings (SSSR count). The summed E-state index contributed by atoms with van der Waals surface area (Å²) in [5.41, 5.74) is 3.29. The standard InChI is InChI=1S/C22H21N3O3/c1-3-28-22(27)18-6-4-5-7-19(18)25-20-13-12-17(14-23-20)24-21(26)16-10-8-15(2)9-11-16/h4-14H,3H2,1-2H3,(H,23,25)(H,24,26). The number of carbonyl (C=O) groups excluding carboxylic acids is 2. The summed E-state index contributed by atoms with van der Waals surface area (Å²) in [4.78, 5) is 28.6. The zero-order valence-electron chi connectivity index (χ0n) is 15.7. The summed E-state index contributed by atoms with van der Waals surface area (Å²) in [7, 11) is 0. The topological polar surface area (TPSA) is 80.3 Å². The van der Waals surface area contributed by atoms with E-state index in [4.69, 9.17) is 4.74 Å². The number of para-hydroxylation sites is 1. The number of carbonyl (C=O) groups is 2. The van der Waals surface area contributed by atoms with Crippen molar-refractivity contribution < 1.29 is 14.3 Å². The Morgan fingerprint density at radius 1 is 1.00 bits per heavy atom. The van der Waals surface area contributed by atoms with Gasteiger partial charge in [0.2, 0.25) is 0 Å². The Morgan fingerprint density at radius 3 is 2.43 bits per heavy atom. The lowest BCUT2D eigenvalue weighted by molar-refractivity contribution is 0.0527. The average molecular weight is 375 g/mol. The number of anilines is 3. The van der Waals surface area contributed by atoms with E-state index in [0.29, 0.717) is 34.9 Å². The number of aryl methyl sites for hydroxylation is 1. The van der Waals surface area contributed by atoms with Gasteiger partial charge in [-0.2, -0.15) is 0 Å². The predicted octanol–water partition coefficient (Wildman–Crippen LogP) is 4.56. The molecule has 0 atom stereocenters. The summed E-state index contributed by atoms with van der Waals surface area (Å²) in [6.07, 6.45) is 1.56. The van der Waals surface area contributed by atoms with Crippen LogP contribution in [0.3, 0.4) is 0 Å². The van der Waals surface area contributed by atoms with Crippen molar-refractivity contribution in [1.82, 2.24) is 4.98 Å². The Morgan fingerprint density at radius 2 is 1.75 bits per heavy atom. The van der Waals surface area contributed by atoms with Crippen molar-refractivity contribution in [3.05, 3.63) is 83.6 Å². The molecule has 0 aliphatic heterocycles. The second-order valence-electron chi connectivity index (χ2n) is 6.14. The quantitative estimate of drug-likeness (QED) is 0.617. The number of amides is 1. The molecular formula is C22H21N3O3. The minimum Gasteiger partial charge on any atom is -0.462 e. The van der Waals surface area contributed by atoms with Crippen LogP contribution < -0.4 is 10.6 Å². The molecule has 0 radical (unpaired) electrons. The molecule has 3 aromatic rings. The maximum Gasteiger partial charge on any atom is 0.340 e. The van der Waals surface area contributed by atoms with Gasteiger partial charge in [0.25, 0.3) is 5.91 Å². The third kappa shape index (κ3) is 4.73. The van der Waals surface area contributed by atoms with E-state index in [0.717, 1.165) is 5.56 Å². The number of esters is 1. The lowest BCUT2D eigenvalue weighted by Gasteiger charge is -2.11. The molecule has 0 unspecified atom stereocenters. The van der Waals surface area contributed by atoms with Crippen molar-refractivity contribution in [2.45, 2.75) is 13.8 Å². The van der Waals surface area contributed by atoms with Gasteiger partial charge in [-0.15, -0.1) is 0 Å². The Kier molecular flexibility index (Phi) is 6.01. The highest BCUT2D eigenvalue weighted by atomic mass is 16.5. The zero-order valence-corrected chi connectivity index (χ0v) is 15.7. The number of aromatic nitrogens is 1. The van der Waals surface area contributed by atoms with Crippen LogP contribution >= 0.6 is 0 Å². The minimum atomic E-state index is -0.396. The van der Waals surface area contributed by atoms with Gasteiger partial charge < -0.3 is 15.4 Å². The van der Waals surface area contributed by atoms with Crippen LogP contribution in [0.5, 0.6) is 0 Å². The summed E-state index contributed by atoms with van der Waals surface area (Å²) >= 11 is 0. The van der Waals surface area contributed by atoms with Gasteiger partial charge in [-0.25, -0.2) is 9.78 Å². The molecule has 1 amide bonds. The molecule has 0 spiro atoms. The molecule has 6 heteroatoms. The van der Waals surface area contributed by atoms with Gasteiger partial charge in [-0.3, -0.25) is 4.79 Å². The third-order valence-corrected chi connectivity index (χ3v) is 4.02. The molecule has 0 saturated carbocycles. The first-order valence-electron chi connectivity index (χ1n) is 8.94. The van der Waals surface area contributed by atoms with E-state index in [1.54, 1.807) is 55.6 Å². The van der Waals surface area contributed by atoms with Crippen molar-refractivity contribution in [3.8, 4) is 0 Å². The highest BCUT2D eigenvalue weighted by Crippen LogP contribution is 2.21. The van der Waals surface area contributed by atoms with E-state index in [1.807, 2.05) is 25.1 Å². The fraction of sp³-hybridized carbons (Fsp3) is 0.136.